The molecular weight excluding hydrogens is 527 g/mol. The molecular formula is C28H26F3N5O4. The van der Waals surface area contributed by atoms with Crippen LogP contribution in [0.3, 0.4) is 0 Å². The van der Waals surface area contributed by atoms with Crippen LogP contribution in [-0.4, -0.2) is 44.5 Å². The predicted octanol–water partition coefficient (Wildman–Crippen LogP) is 5.99. The average molecular weight is 554 g/mol. The molecule has 0 spiro atoms. The number of anilines is 1. The van der Waals surface area contributed by atoms with Crippen LogP contribution in [0.25, 0.3) is 16.8 Å². The molecule has 0 bridgehead atoms. The second-order valence-electron chi connectivity index (χ2n) is 10.8. The highest BCUT2D eigenvalue weighted by Crippen LogP contribution is 2.44. The Bertz CT molecular complexity index is 1650. The first-order valence-corrected chi connectivity index (χ1v) is 12.7. The van der Waals surface area contributed by atoms with E-state index in [2.05, 4.69) is 15.2 Å². The Morgan fingerprint density at radius 3 is 2.55 bits per heavy atom. The summed E-state index contributed by atoms with van der Waals surface area (Å²) in [6, 6.07) is 7.37. The molecule has 2 aliphatic rings. The summed E-state index contributed by atoms with van der Waals surface area (Å²) in [5.74, 6) is 0.276. The largest absolute Gasteiger partial charge is 0.493 e. The number of fused-ring (bicyclic) bond motifs is 3. The van der Waals surface area contributed by atoms with E-state index in [1.807, 2.05) is 0 Å². The summed E-state index contributed by atoms with van der Waals surface area (Å²) >= 11 is 0. The fraction of sp³-hybridized carbons (Fsp3) is 0.357. The highest BCUT2D eigenvalue weighted by molar-refractivity contribution is 5.92. The number of pyridine rings is 2. The molecule has 12 heteroatoms. The van der Waals surface area contributed by atoms with Crippen molar-refractivity contribution in [2.75, 3.05) is 18.1 Å². The number of benzene rings is 1. The summed E-state index contributed by atoms with van der Waals surface area (Å²) in [6.45, 7) is 7.08. The number of nitrogens with zero attached hydrogens (tertiary/aromatic N) is 5. The van der Waals surface area contributed by atoms with Crippen molar-refractivity contribution in [3.8, 4) is 22.6 Å². The molecule has 0 saturated carbocycles. The lowest BCUT2D eigenvalue weighted by atomic mass is 9.95. The highest BCUT2D eigenvalue weighted by atomic mass is 19.3. The van der Waals surface area contributed by atoms with Crippen LogP contribution in [0, 0.1) is 12.7 Å². The molecule has 6 rings (SSSR count). The van der Waals surface area contributed by atoms with Crippen molar-refractivity contribution in [1.82, 2.24) is 19.6 Å². The quantitative estimate of drug-likeness (QED) is 0.301. The molecule has 5 heterocycles. The molecule has 3 aromatic heterocycles. The van der Waals surface area contributed by atoms with Crippen molar-refractivity contribution in [2.45, 2.75) is 52.2 Å². The second kappa shape index (κ2) is 9.39. The zero-order valence-electron chi connectivity index (χ0n) is 22.2. The van der Waals surface area contributed by atoms with E-state index in [0.717, 1.165) is 0 Å². The molecule has 40 heavy (non-hydrogen) atoms. The number of halogens is 3. The van der Waals surface area contributed by atoms with Crippen molar-refractivity contribution < 1.29 is 32.2 Å². The summed E-state index contributed by atoms with van der Waals surface area (Å²) in [6.07, 6.45) is -2.03. The number of aromatic nitrogens is 4. The number of aryl methyl sites for hydroxylation is 1. The average Bonchev–Trinajstić information content (AvgIpc) is 3.54. The monoisotopic (exact) mass is 553 g/mol. The van der Waals surface area contributed by atoms with E-state index in [9.17, 15) is 13.6 Å². The SMILES string of the molecule is Cc1nc(C(F)F)ccc1-c1cc2c(n3cnnc13)N(C(=O)OC(C)(C)C)Cc1c(F)ccc3c1[C@H](CO3)CO2. The molecule has 1 atom stereocenters. The number of carbonyl (C=O) groups is 1. The number of carbonyl (C=O) groups excluding carboxylic acids is 1. The molecule has 0 saturated heterocycles. The van der Waals surface area contributed by atoms with E-state index in [0.29, 0.717) is 39.3 Å². The van der Waals surface area contributed by atoms with Crippen LogP contribution >= 0.6 is 0 Å². The number of hydrogen-bond donors (Lipinski definition) is 0. The Morgan fingerprint density at radius 1 is 1.10 bits per heavy atom. The van der Waals surface area contributed by atoms with Gasteiger partial charge in [-0.1, -0.05) is 6.07 Å². The predicted molar refractivity (Wildman–Crippen MR) is 138 cm³/mol. The van der Waals surface area contributed by atoms with Gasteiger partial charge in [-0.2, -0.15) is 0 Å². The number of hydrogen-bond acceptors (Lipinski definition) is 7. The molecule has 208 valence electrons. The maximum Gasteiger partial charge on any atom is 0.416 e. The number of amides is 1. The van der Waals surface area contributed by atoms with Crippen molar-refractivity contribution in [3.63, 3.8) is 0 Å². The number of alkyl halides is 2. The zero-order chi connectivity index (χ0) is 28.3. The van der Waals surface area contributed by atoms with E-state index < -0.39 is 23.9 Å². The standard InChI is InChI=1S/C28H26F3N5O4/c1-14-16(5-7-20(33-14)24(30)31)17-9-22-26(36-13-32-34-25(17)36)35(27(37)40-28(2,3)4)10-18-19(29)6-8-21-23(18)15(11-38-21)12-39-22/h5-9,13,15,24H,10-12H2,1-4H3/t15-/m1/s1. The summed E-state index contributed by atoms with van der Waals surface area (Å²) < 4.78 is 61.4. The summed E-state index contributed by atoms with van der Waals surface area (Å²) in [4.78, 5) is 19.1. The Labute approximate surface area is 227 Å². The summed E-state index contributed by atoms with van der Waals surface area (Å²) in [5, 5.41) is 8.32. The molecule has 9 nitrogen and oxygen atoms in total. The molecule has 0 unspecified atom stereocenters. The fourth-order valence-electron chi connectivity index (χ4n) is 5.15. The number of ether oxygens (including phenoxy) is 3. The topological polar surface area (TPSA) is 91.1 Å². The van der Waals surface area contributed by atoms with Crippen LogP contribution in [0.1, 0.15) is 55.6 Å². The molecule has 2 aliphatic heterocycles. The van der Waals surface area contributed by atoms with Crippen LogP contribution in [0.5, 0.6) is 11.5 Å². The molecule has 0 N–H and O–H groups in total. The molecule has 0 fully saturated rings. The minimum absolute atomic E-state index is 0.132. The fourth-order valence-corrected chi connectivity index (χ4v) is 5.15. The Hall–Kier alpha value is -4.35. The molecule has 1 aromatic carbocycles. The van der Waals surface area contributed by atoms with Gasteiger partial charge >= 0.3 is 6.09 Å². The van der Waals surface area contributed by atoms with Gasteiger partial charge in [0.15, 0.2) is 17.2 Å². The number of rotatable bonds is 2. The molecule has 1 amide bonds. The first kappa shape index (κ1) is 25.9. The minimum atomic E-state index is -2.72. The van der Waals surface area contributed by atoms with Gasteiger partial charge in [0.2, 0.25) is 0 Å². The Balaban J connectivity index is 1.58. The van der Waals surface area contributed by atoms with Crippen LogP contribution in [0.4, 0.5) is 23.8 Å². The van der Waals surface area contributed by atoms with Gasteiger partial charge in [-0.25, -0.2) is 18.0 Å². The third-order valence-electron chi connectivity index (χ3n) is 6.87. The van der Waals surface area contributed by atoms with Crippen molar-refractivity contribution >= 4 is 17.6 Å². The smallest absolute Gasteiger partial charge is 0.416 e. The third kappa shape index (κ3) is 4.37. The highest BCUT2D eigenvalue weighted by Gasteiger charge is 2.37. The normalized spacial score (nSPS) is 16.5. The van der Waals surface area contributed by atoms with Crippen molar-refractivity contribution in [1.29, 1.82) is 0 Å². The lowest BCUT2D eigenvalue weighted by molar-refractivity contribution is 0.0574. The Morgan fingerprint density at radius 2 is 1.85 bits per heavy atom. The first-order chi connectivity index (χ1) is 19.0. The van der Waals surface area contributed by atoms with E-state index in [4.69, 9.17) is 14.2 Å². The van der Waals surface area contributed by atoms with Crippen LogP contribution in [0.15, 0.2) is 36.7 Å². The van der Waals surface area contributed by atoms with E-state index >= 15 is 4.39 Å². The van der Waals surface area contributed by atoms with Crippen LogP contribution < -0.4 is 14.4 Å². The van der Waals surface area contributed by atoms with Crippen molar-refractivity contribution in [2.24, 2.45) is 0 Å². The third-order valence-corrected chi connectivity index (χ3v) is 6.87. The van der Waals surface area contributed by atoms with E-state index in [-0.39, 0.29) is 42.9 Å². The van der Waals surface area contributed by atoms with Gasteiger partial charge in [0.1, 0.15) is 29.2 Å². The van der Waals surface area contributed by atoms with E-state index in [1.165, 1.54) is 23.4 Å². The van der Waals surface area contributed by atoms with Gasteiger partial charge in [-0.15, -0.1) is 10.2 Å². The lowest BCUT2D eigenvalue weighted by Gasteiger charge is -2.29. The maximum absolute atomic E-state index is 15.4. The van der Waals surface area contributed by atoms with E-state index in [1.54, 1.807) is 50.3 Å². The van der Waals surface area contributed by atoms with Gasteiger partial charge in [-0.05, 0) is 52.0 Å². The molecule has 0 radical (unpaired) electrons. The molecule has 4 aromatic rings. The molecule has 0 aliphatic carbocycles. The summed E-state index contributed by atoms with van der Waals surface area (Å²) in [5.41, 5.74) is 1.49. The van der Waals surface area contributed by atoms with Gasteiger partial charge < -0.3 is 14.2 Å². The van der Waals surface area contributed by atoms with Crippen molar-refractivity contribution in [3.05, 3.63) is 65.0 Å². The Kier molecular flexibility index (Phi) is 6.08. The van der Waals surface area contributed by atoms with Gasteiger partial charge in [0.05, 0.1) is 25.7 Å². The summed E-state index contributed by atoms with van der Waals surface area (Å²) in [7, 11) is 0. The lowest BCUT2D eigenvalue weighted by Crippen LogP contribution is -2.38. The maximum atomic E-state index is 15.4. The van der Waals surface area contributed by atoms with Crippen LogP contribution in [-0.2, 0) is 11.3 Å². The van der Waals surface area contributed by atoms with Gasteiger partial charge in [0.25, 0.3) is 6.43 Å². The zero-order valence-corrected chi connectivity index (χ0v) is 22.2. The van der Waals surface area contributed by atoms with Gasteiger partial charge in [-0.3, -0.25) is 14.3 Å². The second-order valence-corrected chi connectivity index (χ2v) is 10.8. The first-order valence-electron chi connectivity index (χ1n) is 12.7. The minimum Gasteiger partial charge on any atom is -0.493 e. The van der Waals surface area contributed by atoms with Gasteiger partial charge in [0, 0.05) is 27.9 Å². The van der Waals surface area contributed by atoms with Crippen LogP contribution in [0.2, 0.25) is 0 Å².